The fourth-order valence-corrected chi connectivity index (χ4v) is 3.01. The molecule has 1 N–H and O–H groups in total. The first-order valence-corrected chi connectivity index (χ1v) is 8.74. The number of benzene rings is 2. The summed E-state index contributed by atoms with van der Waals surface area (Å²) in [6, 6.07) is 9.16. The SMILES string of the molecule is CCCCNC(=O)Cc1cccc2c(=O)c3ccc(C)c(C)c3oc12. The smallest absolute Gasteiger partial charge is 0.224 e. The summed E-state index contributed by atoms with van der Waals surface area (Å²) in [6.45, 7) is 6.70. The topological polar surface area (TPSA) is 59.3 Å². The van der Waals surface area contributed by atoms with E-state index in [0.717, 1.165) is 29.5 Å². The first-order chi connectivity index (χ1) is 12.0. The molecule has 0 unspecified atom stereocenters. The van der Waals surface area contributed by atoms with Crippen LogP contribution < -0.4 is 10.7 Å². The minimum absolute atomic E-state index is 0.0485. The highest BCUT2D eigenvalue weighted by molar-refractivity contribution is 5.94. The van der Waals surface area contributed by atoms with Gasteiger partial charge in [0.2, 0.25) is 11.3 Å². The normalized spacial score (nSPS) is 11.2. The number of amides is 1. The third kappa shape index (κ3) is 3.29. The van der Waals surface area contributed by atoms with Crippen molar-refractivity contribution in [3.05, 3.63) is 57.2 Å². The van der Waals surface area contributed by atoms with Crippen LogP contribution in [0.25, 0.3) is 21.9 Å². The van der Waals surface area contributed by atoms with E-state index >= 15 is 0 Å². The van der Waals surface area contributed by atoms with Crippen molar-refractivity contribution >= 4 is 27.8 Å². The molecule has 130 valence electrons. The lowest BCUT2D eigenvalue weighted by molar-refractivity contribution is -0.120. The van der Waals surface area contributed by atoms with Crippen LogP contribution in [-0.2, 0) is 11.2 Å². The molecule has 0 aliphatic rings. The Morgan fingerprint density at radius 1 is 1.08 bits per heavy atom. The number of nitrogens with one attached hydrogen (secondary N) is 1. The van der Waals surface area contributed by atoms with Crippen molar-refractivity contribution in [2.75, 3.05) is 6.54 Å². The fraction of sp³-hybridized carbons (Fsp3) is 0.333. The minimum Gasteiger partial charge on any atom is -0.455 e. The van der Waals surface area contributed by atoms with E-state index in [1.165, 1.54) is 0 Å². The van der Waals surface area contributed by atoms with Crippen LogP contribution in [0.5, 0.6) is 0 Å². The Kier molecular flexibility index (Phi) is 4.88. The third-order valence-electron chi connectivity index (χ3n) is 4.67. The summed E-state index contributed by atoms with van der Waals surface area (Å²) in [5.74, 6) is -0.0512. The molecule has 0 fully saturated rings. The van der Waals surface area contributed by atoms with Crippen molar-refractivity contribution < 1.29 is 9.21 Å². The molecule has 3 rings (SSSR count). The summed E-state index contributed by atoms with van der Waals surface area (Å²) in [6.07, 6.45) is 2.20. The lowest BCUT2D eigenvalue weighted by Crippen LogP contribution is -2.26. The van der Waals surface area contributed by atoms with Gasteiger partial charge in [0.25, 0.3) is 0 Å². The van der Waals surface area contributed by atoms with Crippen molar-refractivity contribution in [3.8, 4) is 0 Å². The number of para-hydroxylation sites is 1. The summed E-state index contributed by atoms with van der Waals surface area (Å²) in [5.41, 5.74) is 3.85. The van der Waals surface area contributed by atoms with Crippen LogP contribution in [0.3, 0.4) is 0 Å². The Morgan fingerprint density at radius 2 is 1.84 bits per heavy atom. The highest BCUT2D eigenvalue weighted by atomic mass is 16.3. The number of carbonyl (C=O) groups is 1. The number of hydrogen-bond donors (Lipinski definition) is 1. The van der Waals surface area contributed by atoms with Gasteiger partial charge in [-0.2, -0.15) is 0 Å². The van der Waals surface area contributed by atoms with Crippen LogP contribution in [0.4, 0.5) is 0 Å². The first-order valence-electron chi connectivity index (χ1n) is 8.74. The summed E-state index contributed by atoms with van der Waals surface area (Å²) in [7, 11) is 0. The van der Waals surface area contributed by atoms with Gasteiger partial charge in [0, 0.05) is 12.1 Å². The fourth-order valence-electron chi connectivity index (χ4n) is 3.01. The lowest BCUT2D eigenvalue weighted by Gasteiger charge is -2.10. The number of unbranched alkanes of at least 4 members (excludes halogenated alkanes) is 1. The molecule has 0 bridgehead atoms. The predicted molar refractivity (Wildman–Crippen MR) is 101 cm³/mol. The van der Waals surface area contributed by atoms with Crippen LogP contribution in [-0.4, -0.2) is 12.5 Å². The molecule has 25 heavy (non-hydrogen) atoms. The highest BCUT2D eigenvalue weighted by Crippen LogP contribution is 2.25. The molecule has 0 aliphatic carbocycles. The molecule has 0 atom stereocenters. The van der Waals surface area contributed by atoms with Gasteiger partial charge in [-0.15, -0.1) is 0 Å². The number of aryl methyl sites for hydroxylation is 2. The van der Waals surface area contributed by atoms with Gasteiger partial charge in [-0.25, -0.2) is 0 Å². The molecule has 1 aromatic heterocycles. The van der Waals surface area contributed by atoms with Gasteiger partial charge in [-0.3, -0.25) is 9.59 Å². The largest absolute Gasteiger partial charge is 0.455 e. The van der Waals surface area contributed by atoms with E-state index in [4.69, 9.17) is 4.42 Å². The van der Waals surface area contributed by atoms with E-state index in [9.17, 15) is 9.59 Å². The van der Waals surface area contributed by atoms with Crippen LogP contribution in [0, 0.1) is 13.8 Å². The zero-order chi connectivity index (χ0) is 18.0. The Hall–Kier alpha value is -2.62. The summed E-state index contributed by atoms with van der Waals surface area (Å²) < 4.78 is 6.12. The van der Waals surface area contributed by atoms with Gasteiger partial charge in [-0.05, 0) is 43.5 Å². The number of hydrogen-bond acceptors (Lipinski definition) is 3. The van der Waals surface area contributed by atoms with E-state index in [1.807, 2.05) is 32.0 Å². The standard InChI is InChI=1S/C21H23NO3/c1-4-5-11-22-18(23)12-15-7-6-8-16-19(24)17-10-9-13(2)14(3)20(17)25-21(15)16/h6-10H,4-5,11-12H2,1-3H3,(H,22,23). The lowest BCUT2D eigenvalue weighted by atomic mass is 10.0. The molecule has 0 aliphatic heterocycles. The van der Waals surface area contributed by atoms with Gasteiger partial charge < -0.3 is 9.73 Å². The quantitative estimate of drug-likeness (QED) is 0.565. The Labute approximate surface area is 146 Å². The van der Waals surface area contributed by atoms with Gasteiger partial charge in [0.05, 0.1) is 17.2 Å². The zero-order valence-corrected chi connectivity index (χ0v) is 14.9. The average Bonchev–Trinajstić information content (AvgIpc) is 2.60. The zero-order valence-electron chi connectivity index (χ0n) is 14.9. The second kappa shape index (κ2) is 7.09. The molecule has 0 radical (unpaired) electrons. The molecule has 3 aromatic rings. The third-order valence-corrected chi connectivity index (χ3v) is 4.67. The molecule has 0 saturated carbocycles. The van der Waals surface area contributed by atoms with Crippen molar-refractivity contribution in [1.29, 1.82) is 0 Å². The second-order valence-electron chi connectivity index (χ2n) is 6.49. The Bertz CT molecular complexity index is 1000. The molecule has 0 saturated heterocycles. The van der Waals surface area contributed by atoms with E-state index in [-0.39, 0.29) is 17.8 Å². The monoisotopic (exact) mass is 337 g/mol. The van der Waals surface area contributed by atoms with E-state index in [2.05, 4.69) is 12.2 Å². The van der Waals surface area contributed by atoms with E-state index in [1.54, 1.807) is 12.1 Å². The predicted octanol–water partition coefficient (Wildman–Crippen LogP) is 4.02. The van der Waals surface area contributed by atoms with Gasteiger partial charge in [0.1, 0.15) is 11.2 Å². The number of carbonyl (C=O) groups excluding carboxylic acids is 1. The van der Waals surface area contributed by atoms with Crippen molar-refractivity contribution in [3.63, 3.8) is 0 Å². The molecule has 1 heterocycles. The van der Waals surface area contributed by atoms with E-state index < -0.39 is 0 Å². The van der Waals surface area contributed by atoms with Crippen LogP contribution >= 0.6 is 0 Å². The molecule has 4 heteroatoms. The molecular weight excluding hydrogens is 314 g/mol. The number of rotatable bonds is 5. The van der Waals surface area contributed by atoms with Crippen molar-refractivity contribution in [2.45, 2.75) is 40.0 Å². The first kappa shape index (κ1) is 17.2. The summed E-state index contributed by atoms with van der Waals surface area (Å²) >= 11 is 0. The van der Waals surface area contributed by atoms with Crippen molar-refractivity contribution in [2.24, 2.45) is 0 Å². The maximum Gasteiger partial charge on any atom is 0.224 e. The molecule has 4 nitrogen and oxygen atoms in total. The highest BCUT2D eigenvalue weighted by Gasteiger charge is 2.15. The van der Waals surface area contributed by atoms with Crippen LogP contribution in [0.1, 0.15) is 36.5 Å². The van der Waals surface area contributed by atoms with Crippen LogP contribution in [0.2, 0.25) is 0 Å². The van der Waals surface area contributed by atoms with Gasteiger partial charge >= 0.3 is 0 Å². The molecule has 0 spiro atoms. The minimum atomic E-state index is -0.0512. The average molecular weight is 337 g/mol. The second-order valence-corrected chi connectivity index (χ2v) is 6.49. The van der Waals surface area contributed by atoms with E-state index in [0.29, 0.717) is 28.5 Å². The Balaban J connectivity index is 2.10. The van der Waals surface area contributed by atoms with Gasteiger partial charge in [0.15, 0.2) is 0 Å². The molecule has 2 aromatic carbocycles. The maximum atomic E-state index is 12.8. The molecule has 1 amide bonds. The van der Waals surface area contributed by atoms with Gasteiger partial charge in [-0.1, -0.05) is 31.5 Å². The Morgan fingerprint density at radius 3 is 2.60 bits per heavy atom. The van der Waals surface area contributed by atoms with Crippen molar-refractivity contribution in [1.82, 2.24) is 5.32 Å². The summed E-state index contributed by atoms with van der Waals surface area (Å²) in [5, 5.41) is 4.02. The maximum absolute atomic E-state index is 12.8. The summed E-state index contributed by atoms with van der Waals surface area (Å²) in [4.78, 5) is 25.0. The molecular formula is C21H23NO3. The van der Waals surface area contributed by atoms with Crippen LogP contribution in [0.15, 0.2) is 39.5 Å². The number of fused-ring (bicyclic) bond motifs is 2.